The minimum atomic E-state index is -3.48. The van der Waals surface area contributed by atoms with E-state index in [-0.39, 0.29) is 24.6 Å². The molecule has 1 aromatic heterocycles. The maximum Gasteiger partial charge on any atom is 0.251 e. The molecule has 0 fully saturated rings. The Hall–Kier alpha value is -1.67. The lowest BCUT2D eigenvalue weighted by molar-refractivity contribution is 0.0953. The van der Waals surface area contributed by atoms with Gasteiger partial charge in [-0.1, -0.05) is 6.92 Å². The van der Waals surface area contributed by atoms with Crippen molar-refractivity contribution in [1.82, 2.24) is 10.3 Å². The second-order valence-corrected chi connectivity index (χ2v) is 6.52. The van der Waals surface area contributed by atoms with Gasteiger partial charge in [0, 0.05) is 24.3 Å². The zero-order chi connectivity index (χ0) is 15.9. The second kappa shape index (κ2) is 7.94. The zero-order valence-electron chi connectivity index (χ0n) is 12.3. The van der Waals surface area contributed by atoms with Crippen LogP contribution in [0.15, 0.2) is 12.1 Å². The largest absolute Gasteiger partial charge is 0.370 e. The summed E-state index contributed by atoms with van der Waals surface area (Å²) in [5.74, 6) is 0.257. The molecule has 0 bridgehead atoms. The quantitative estimate of drug-likeness (QED) is 0.609. The smallest absolute Gasteiger partial charge is 0.251 e. The first-order valence-electron chi connectivity index (χ1n) is 6.83. The summed E-state index contributed by atoms with van der Waals surface area (Å²) in [6.45, 7) is 4.90. The van der Waals surface area contributed by atoms with Crippen molar-refractivity contribution in [3.05, 3.63) is 23.4 Å². The molecule has 118 valence electrons. The van der Waals surface area contributed by atoms with E-state index in [0.29, 0.717) is 11.4 Å². The van der Waals surface area contributed by atoms with Crippen molar-refractivity contribution >= 4 is 21.7 Å². The molecule has 0 saturated heterocycles. The summed E-state index contributed by atoms with van der Waals surface area (Å²) in [6.07, 6.45) is 1.25. The molecule has 0 radical (unpaired) electrons. The average molecular weight is 314 g/mol. The van der Waals surface area contributed by atoms with Gasteiger partial charge in [0.05, 0.1) is 5.75 Å². The van der Waals surface area contributed by atoms with Crippen LogP contribution in [0.3, 0.4) is 0 Å². The second-order valence-electron chi connectivity index (χ2n) is 4.79. The highest BCUT2D eigenvalue weighted by atomic mass is 32.2. The number of hydrogen-bond donors (Lipinski definition) is 3. The lowest BCUT2D eigenvalue weighted by atomic mass is 10.2. The third-order valence-electron chi connectivity index (χ3n) is 2.66. The van der Waals surface area contributed by atoms with Crippen LogP contribution >= 0.6 is 0 Å². The van der Waals surface area contributed by atoms with Crippen molar-refractivity contribution in [2.75, 3.05) is 24.2 Å². The van der Waals surface area contributed by atoms with Crippen LogP contribution in [0.5, 0.6) is 0 Å². The third-order valence-corrected chi connectivity index (χ3v) is 3.52. The Labute approximate surface area is 125 Å². The zero-order valence-corrected chi connectivity index (χ0v) is 13.2. The van der Waals surface area contributed by atoms with Crippen LogP contribution in [0, 0.1) is 6.92 Å². The van der Waals surface area contributed by atoms with Gasteiger partial charge in [-0.15, -0.1) is 0 Å². The molecule has 4 N–H and O–H groups in total. The van der Waals surface area contributed by atoms with Crippen molar-refractivity contribution in [2.45, 2.75) is 26.7 Å². The van der Waals surface area contributed by atoms with Crippen molar-refractivity contribution in [3.8, 4) is 0 Å². The van der Waals surface area contributed by atoms with E-state index in [0.717, 1.165) is 18.7 Å². The first-order chi connectivity index (χ1) is 9.81. The first kappa shape index (κ1) is 17.4. The number of nitrogens with one attached hydrogen (secondary N) is 2. The van der Waals surface area contributed by atoms with Crippen molar-refractivity contribution in [2.24, 2.45) is 5.14 Å². The van der Waals surface area contributed by atoms with Gasteiger partial charge in [0.25, 0.3) is 5.91 Å². The Morgan fingerprint density at radius 2 is 2.05 bits per heavy atom. The molecule has 0 saturated carbocycles. The number of carbonyl (C=O) groups is 1. The summed E-state index contributed by atoms with van der Waals surface area (Å²) < 4.78 is 21.6. The van der Waals surface area contributed by atoms with Crippen LogP contribution in [-0.4, -0.2) is 38.2 Å². The number of sulfonamides is 1. The number of primary sulfonamides is 1. The molecule has 0 spiro atoms. The van der Waals surface area contributed by atoms with Crippen molar-refractivity contribution in [1.29, 1.82) is 0 Å². The summed E-state index contributed by atoms with van der Waals surface area (Å²) in [5, 5.41) is 10.7. The molecular formula is C13H22N4O3S. The summed E-state index contributed by atoms with van der Waals surface area (Å²) in [7, 11) is -3.48. The number of aromatic nitrogens is 1. The summed E-state index contributed by atoms with van der Waals surface area (Å²) in [6, 6.07) is 3.36. The van der Waals surface area contributed by atoms with Gasteiger partial charge in [0.15, 0.2) is 0 Å². The van der Waals surface area contributed by atoms with E-state index in [1.165, 1.54) is 0 Å². The number of amides is 1. The summed E-state index contributed by atoms with van der Waals surface area (Å²) in [4.78, 5) is 16.3. The first-order valence-corrected chi connectivity index (χ1v) is 8.54. The van der Waals surface area contributed by atoms with E-state index in [4.69, 9.17) is 5.14 Å². The van der Waals surface area contributed by atoms with E-state index >= 15 is 0 Å². The molecule has 1 heterocycles. The van der Waals surface area contributed by atoms with Crippen molar-refractivity contribution < 1.29 is 13.2 Å². The molecule has 0 aliphatic heterocycles. The predicted molar refractivity (Wildman–Crippen MR) is 82.7 cm³/mol. The topological polar surface area (TPSA) is 114 Å². The van der Waals surface area contributed by atoms with Crippen LogP contribution in [0.1, 0.15) is 35.8 Å². The molecule has 1 aromatic rings. The average Bonchev–Trinajstić information content (AvgIpc) is 2.39. The van der Waals surface area contributed by atoms with E-state index in [1.807, 2.05) is 13.8 Å². The fourth-order valence-corrected chi connectivity index (χ4v) is 2.27. The number of anilines is 1. The highest BCUT2D eigenvalue weighted by molar-refractivity contribution is 7.89. The van der Waals surface area contributed by atoms with Gasteiger partial charge >= 0.3 is 0 Å². The maximum absolute atomic E-state index is 12.0. The van der Waals surface area contributed by atoms with Crippen LogP contribution in [0.25, 0.3) is 0 Å². The number of aryl methyl sites for hydroxylation is 1. The highest BCUT2D eigenvalue weighted by Crippen LogP contribution is 2.10. The molecule has 1 amide bonds. The molecule has 0 aliphatic rings. The number of hydrogen-bond acceptors (Lipinski definition) is 5. The van der Waals surface area contributed by atoms with Crippen LogP contribution < -0.4 is 15.8 Å². The fraction of sp³-hybridized carbons (Fsp3) is 0.538. The SMILES string of the molecule is CCCNc1cc(C(=O)NCCCS(N)(=O)=O)cc(C)n1. The van der Waals surface area contributed by atoms with Crippen LogP contribution in [-0.2, 0) is 10.0 Å². The van der Waals surface area contributed by atoms with E-state index in [9.17, 15) is 13.2 Å². The molecule has 0 aliphatic carbocycles. The summed E-state index contributed by atoms with van der Waals surface area (Å²) in [5.41, 5.74) is 1.24. The lowest BCUT2D eigenvalue weighted by Crippen LogP contribution is -2.27. The number of nitrogens with zero attached hydrogens (tertiary/aromatic N) is 1. The molecule has 0 aromatic carbocycles. The molecular weight excluding hydrogens is 292 g/mol. The van der Waals surface area contributed by atoms with Crippen molar-refractivity contribution in [3.63, 3.8) is 0 Å². The van der Waals surface area contributed by atoms with E-state index in [1.54, 1.807) is 12.1 Å². The van der Waals surface area contributed by atoms with E-state index in [2.05, 4.69) is 15.6 Å². The van der Waals surface area contributed by atoms with Gasteiger partial charge in [-0.25, -0.2) is 18.5 Å². The van der Waals surface area contributed by atoms with Gasteiger partial charge in [-0.05, 0) is 31.9 Å². The number of pyridine rings is 1. The standard InChI is InChI=1S/C13H22N4O3S/c1-3-5-15-12-9-11(8-10(2)17-12)13(18)16-6-4-7-21(14,19)20/h8-9H,3-7H2,1-2H3,(H,15,17)(H,16,18)(H2,14,19,20). The summed E-state index contributed by atoms with van der Waals surface area (Å²) >= 11 is 0. The van der Waals surface area contributed by atoms with Gasteiger partial charge in [0.1, 0.15) is 5.82 Å². The minimum absolute atomic E-state index is 0.147. The number of rotatable bonds is 8. The third kappa shape index (κ3) is 7.05. The molecule has 1 rings (SSSR count). The molecule has 21 heavy (non-hydrogen) atoms. The molecule has 0 unspecified atom stereocenters. The molecule has 7 nitrogen and oxygen atoms in total. The Morgan fingerprint density at radius 1 is 1.33 bits per heavy atom. The minimum Gasteiger partial charge on any atom is -0.370 e. The Morgan fingerprint density at radius 3 is 2.67 bits per heavy atom. The van der Waals surface area contributed by atoms with Crippen LogP contribution in [0.2, 0.25) is 0 Å². The van der Waals surface area contributed by atoms with Gasteiger partial charge in [0.2, 0.25) is 10.0 Å². The van der Waals surface area contributed by atoms with E-state index < -0.39 is 10.0 Å². The predicted octanol–water partition coefficient (Wildman–Crippen LogP) is 0.620. The number of carbonyl (C=O) groups excluding carboxylic acids is 1. The van der Waals surface area contributed by atoms with Gasteiger partial charge in [-0.3, -0.25) is 4.79 Å². The highest BCUT2D eigenvalue weighted by Gasteiger charge is 2.09. The van der Waals surface area contributed by atoms with Crippen LogP contribution in [0.4, 0.5) is 5.82 Å². The lowest BCUT2D eigenvalue weighted by Gasteiger charge is -2.09. The maximum atomic E-state index is 12.0. The Balaban J connectivity index is 2.59. The Bertz CT molecular complexity index is 587. The van der Waals surface area contributed by atoms with Gasteiger partial charge in [-0.2, -0.15) is 0 Å². The normalized spacial score (nSPS) is 11.2. The fourth-order valence-electron chi connectivity index (χ4n) is 1.72. The molecule has 0 atom stereocenters. The Kier molecular flexibility index (Phi) is 6.57. The number of nitrogens with two attached hydrogens (primary N) is 1. The molecule has 8 heteroatoms. The van der Waals surface area contributed by atoms with Gasteiger partial charge < -0.3 is 10.6 Å². The monoisotopic (exact) mass is 314 g/mol.